The van der Waals surface area contributed by atoms with E-state index in [1.54, 1.807) is 24.3 Å². The molecule has 0 aliphatic heterocycles. The smallest absolute Gasteiger partial charge is 0.311 e. The van der Waals surface area contributed by atoms with Gasteiger partial charge >= 0.3 is 5.97 Å². The van der Waals surface area contributed by atoms with Crippen molar-refractivity contribution in [3.8, 4) is 0 Å². The number of aryl methyl sites for hydroxylation is 2. The molecule has 0 amide bonds. The first-order valence-corrected chi connectivity index (χ1v) is 6.90. The van der Waals surface area contributed by atoms with E-state index in [0.29, 0.717) is 11.4 Å². The lowest BCUT2D eigenvalue weighted by Crippen LogP contribution is -2.16. The van der Waals surface area contributed by atoms with Crippen LogP contribution in [-0.4, -0.2) is 20.9 Å². The Morgan fingerprint density at radius 2 is 2.05 bits per heavy atom. The quantitative estimate of drug-likeness (QED) is 0.920. The summed E-state index contributed by atoms with van der Waals surface area (Å²) in [4.78, 5) is 11.5. The topological polar surface area (TPSA) is 55.1 Å². The van der Waals surface area contributed by atoms with Crippen molar-refractivity contribution in [1.29, 1.82) is 0 Å². The van der Waals surface area contributed by atoms with E-state index in [2.05, 4.69) is 5.10 Å². The molecule has 0 aliphatic carbocycles. The van der Waals surface area contributed by atoms with Gasteiger partial charge in [-0.2, -0.15) is 5.10 Å². The van der Waals surface area contributed by atoms with Crippen LogP contribution in [0.3, 0.4) is 0 Å². The first-order valence-electron chi connectivity index (χ1n) is 6.53. The summed E-state index contributed by atoms with van der Waals surface area (Å²) >= 11 is 5.85. The molecule has 0 saturated heterocycles. The molecule has 106 valence electrons. The van der Waals surface area contributed by atoms with Gasteiger partial charge in [0.25, 0.3) is 0 Å². The van der Waals surface area contributed by atoms with Crippen molar-refractivity contribution < 1.29 is 9.90 Å². The predicted octanol–water partition coefficient (Wildman–Crippen LogP) is 3.28. The second kappa shape index (κ2) is 6.09. The van der Waals surface area contributed by atoms with Crippen LogP contribution in [-0.2, 0) is 17.8 Å². The van der Waals surface area contributed by atoms with E-state index in [0.717, 1.165) is 23.5 Å². The molecule has 1 atom stereocenters. The fourth-order valence-electron chi connectivity index (χ4n) is 2.29. The number of carboxylic acid groups (broad SMARTS) is 1. The van der Waals surface area contributed by atoms with Crippen LogP contribution in [0.5, 0.6) is 0 Å². The van der Waals surface area contributed by atoms with Crippen LogP contribution < -0.4 is 0 Å². The highest BCUT2D eigenvalue weighted by molar-refractivity contribution is 6.30. The number of carboxylic acids is 1. The van der Waals surface area contributed by atoms with Crippen molar-refractivity contribution in [3.63, 3.8) is 0 Å². The van der Waals surface area contributed by atoms with Gasteiger partial charge in [0.15, 0.2) is 0 Å². The monoisotopic (exact) mass is 292 g/mol. The Morgan fingerprint density at radius 1 is 1.40 bits per heavy atom. The molecule has 0 bridgehead atoms. The summed E-state index contributed by atoms with van der Waals surface area (Å²) in [6.07, 6.45) is 0.422. The molecule has 1 unspecified atom stereocenters. The molecule has 0 fully saturated rings. The Labute approximate surface area is 123 Å². The lowest BCUT2D eigenvalue weighted by atomic mass is 9.94. The van der Waals surface area contributed by atoms with Gasteiger partial charge in [-0.1, -0.05) is 23.7 Å². The third-order valence-electron chi connectivity index (χ3n) is 3.27. The number of halogens is 1. The summed E-state index contributed by atoms with van der Waals surface area (Å²) in [5.41, 5.74) is 2.60. The largest absolute Gasteiger partial charge is 0.481 e. The van der Waals surface area contributed by atoms with E-state index in [-0.39, 0.29) is 0 Å². The van der Waals surface area contributed by atoms with Crippen LogP contribution in [0, 0.1) is 6.92 Å². The van der Waals surface area contributed by atoms with Crippen molar-refractivity contribution in [2.45, 2.75) is 32.7 Å². The molecule has 0 radical (unpaired) electrons. The van der Waals surface area contributed by atoms with Gasteiger partial charge in [-0.3, -0.25) is 9.48 Å². The van der Waals surface area contributed by atoms with Crippen molar-refractivity contribution in [2.24, 2.45) is 0 Å². The lowest BCUT2D eigenvalue weighted by Gasteiger charge is -2.13. The zero-order valence-electron chi connectivity index (χ0n) is 11.5. The SMILES string of the molecule is CCn1nc(C)cc1CC(C(=O)O)c1ccc(Cl)cc1. The molecule has 20 heavy (non-hydrogen) atoms. The van der Waals surface area contributed by atoms with Crippen molar-refractivity contribution in [3.05, 3.63) is 52.3 Å². The highest BCUT2D eigenvalue weighted by atomic mass is 35.5. The second-order valence-corrected chi connectivity index (χ2v) is 5.18. The molecule has 0 aliphatic rings. The molecule has 1 N–H and O–H groups in total. The summed E-state index contributed by atoms with van der Waals surface area (Å²) in [6, 6.07) is 8.90. The van der Waals surface area contributed by atoms with Gasteiger partial charge in [-0.25, -0.2) is 0 Å². The molecule has 5 heteroatoms. The van der Waals surface area contributed by atoms with Crippen molar-refractivity contribution in [2.75, 3.05) is 0 Å². The number of hydrogen-bond acceptors (Lipinski definition) is 2. The number of aliphatic carboxylic acids is 1. The number of carbonyl (C=O) groups is 1. The number of rotatable bonds is 5. The Bertz CT molecular complexity index is 605. The van der Waals surface area contributed by atoms with Crippen molar-refractivity contribution >= 4 is 17.6 Å². The highest BCUT2D eigenvalue weighted by Gasteiger charge is 2.22. The lowest BCUT2D eigenvalue weighted by molar-refractivity contribution is -0.138. The predicted molar refractivity (Wildman–Crippen MR) is 78.2 cm³/mol. The fourth-order valence-corrected chi connectivity index (χ4v) is 2.42. The first kappa shape index (κ1) is 14.6. The fraction of sp³-hybridized carbons (Fsp3) is 0.333. The Hall–Kier alpha value is -1.81. The molecule has 0 saturated carbocycles. The molecule has 2 rings (SSSR count). The third-order valence-corrected chi connectivity index (χ3v) is 3.52. The van der Waals surface area contributed by atoms with Crippen LogP contribution in [0.2, 0.25) is 5.02 Å². The van der Waals surface area contributed by atoms with Gasteiger partial charge in [-0.05, 0) is 37.6 Å². The van der Waals surface area contributed by atoms with Gasteiger partial charge in [0, 0.05) is 23.7 Å². The summed E-state index contributed by atoms with van der Waals surface area (Å²) in [6.45, 7) is 4.64. The third kappa shape index (κ3) is 3.20. The molecular weight excluding hydrogens is 276 g/mol. The molecule has 2 aromatic rings. The highest BCUT2D eigenvalue weighted by Crippen LogP contribution is 2.23. The normalized spacial score (nSPS) is 12.3. The maximum atomic E-state index is 11.5. The molecular formula is C15H17ClN2O2. The van der Waals surface area contributed by atoms with Gasteiger partial charge in [-0.15, -0.1) is 0 Å². The molecule has 1 aromatic carbocycles. The minimum Gasteiger partial charge on any atom is -0.481 e. The van der Waals surface area contributed by atoms with Gasteiger partial charge in [0.05, 0.1) is 11.6 Å². The van der Waals surface area contributed by atoms with E-state index >= 15 is 0 Å². The standard InChI is InChI=1S/C15H17ClN2O2/c1-3-18-13(8-10(2)17-18)9-14(15(19)20)11-4-6-12(16)7-5-11/h4-8,14H,3,9H2,1-2H3,(H,19,20). The molecule has 1 heterocycles. The summed E-state index contributed by atoms with van der Waals surface area (Å²) in [7, 11) is 0. The molecule has 1 aromatic heterocycles. The number of hydrogen-bond donors (Lipinski definition) is 1. The van der Waals surface area contributed by atoms with Crippen molar-refractivity contribution in [1.82, 2.24) is 9.78 Å². The number of nitrogens with zero attached hydrogens (tertiary/aromatic N) is 2. The number of benzene rings is 1. The van der Waals surface area contributed by atoms with Crippen LogP contribution in [0.15, 0.2) is 30.3 Å². The Kier molecular flexibility index (Phi) is 4.45. The summed E-state index contributed by atoms with van der Waals surface area (Å²) < 4.78 is 1.85. The minimum atomic E-state index is -0.839. The van der Waals surface area contributed by atoms with E-state index in [4.69, 9.17) is 11.6 Å². The maximum absolute atomic E-state index is 11.5. The van der Waals surface area contributed by atoms with E-state index in [1.165, 1.54) is 0 Å². The maximum Gasteiger partial charge on any atom is 0.311 e. The average Bonchev–Trinajstić information content (AvgIpc) is 2.77. The Morgan fingerprint density at radius 3 is 2.60 bits per heavy atom. The molecule has 0 spiro atoms. The van der Waals surface area contributed by atoms with Gasteiger partial charge in [0.2, 0.25) is 0 Å². The summed E-state index contributed by atoms with van der Waals surface area (Å²) in [5.74, 6) is -1.43. The van der Waals surface area contributed by atoms with Crippen LogP contribution in [0.4, 0.5) is 0 Å². The number of aromatic nitrogens is 2. The summed E-state index contributed by atoms with van der Waals surface area (Å²) in [5, 5.41) is 14.4. The Balaban J connectivity index is 2.30. The van der Waals surface area contributed by atoms with E-state index in [1.807, 2.05) is 24.6 Å². The second-order valence-electron chi connectivity index (χ2n) is 4.74. The van der Waals surface area contributed by atoms with Crippen LogP contribution >= 0.6 is 11.6 Å². The zero-order chi connectivity index (χ0) is 14.7. The minimum absolute atomic E-state index is 0.422. The van der Waals surface area contributed by atoms with Crippen LogP contribution in [0.1, 0.15) is 29.8 Å². The van der Waals surface area contributed by atoms with E-state index < -0.39 is 11.9 Å². The molecule has 4 nitrogen and oxygen atoms in total. The first-order chi connectivity index (χ1) is 9.51. The van der Waals surface area contributed by atoms with Gasteiger partial charge < -0.3 is 5.11 Å². The van der Waals surface area contributed by atoms with Crippen LogP contribution in [0.25, 0.3) is 0 Å². The average molecular weight is 293 g/mol. The van der Waals surface area contributed by atoms with Gasteiger partial charge in [0.1, 0.15) is 0 Å². The van der Waals surface area contributed by atoms with E-state index in [9.17, 15) is 9.90 Å². The zero-order valence-corrected chi connectivity index (χ0v) is 12.3.